The van der Waals surface area contributed by atoms with Crippen LogP contribution in [-0.2, 0) is 4.79 Å². The maximum absolute atomic E-state index is 12.1. The first-order chi connectivity index (χ1) is 9.43. The molecule has 0 aromatic heterocycles. The van der Waals surface area contributed by atoms with Gasteiger partial charge < -0.3 is 15.3 Å². The van der Waals surface area contributed by atoms with E-state index in [-0.39, 0.29) is 11.9 Å². The van der Waals surface area contributed by atoms with Crippen molar-refractivity contribution < 1.29 is 14.7 Å². The maximum Gasteiger partial charge on any atom is 0.326 e. The van der Waals surface area contributed by atoms with Gasteiger partial charge in [0.15, 0.2) is 0 Å². The molecule has 2 unspecified atom stereocenters. The van der Waals surface area contributed by atoms with Crippen LogP contribution >= 0.6 is 0 Å². The highest BCUT2D eigenvalue weighted by Crippen LogP contribution is 2.23. The van der Waals surface area contributed by atoms with Crippen molar-refractivity contribution in [3.63, 3.8) is 0 Å². The third-order valence-electron chi connectivity index (χ3n) is 3.93. The number of rotatable bonds is 6. The molecular weight excluding hydrogens is 256 g/mol. The Labute approximate surface area is 121 Å². The molecule has 116 valence electrons. The summed E-state index contributed by atoms with van der Waals surface area (Å²) in [5, 5.41) is 12.1. The molecule has 0 radical (unpaired) electrons. The molecule has 2 N–H and O–H groups in total. The molecule has 0 aliphatic carbocycles. The van der Waals surface area contributed by atoms with Crippen LogP contribution in [0.3, 0.4) is 0 Å². The summed E-state index contributed by atoms with van der Waals surface area (Å²) in [5.41, 5.74) is 0. The summed E-state index contributed by atoms with van der Waals surface area (Å²) in [6, 6.07) is -0.909. The normalized spacial score (nSPS) is 22.9. The average Bonchev–Trinajstić information content (AvgIpc) is 2.36. The molecule has 1 rings (SSSR count). The largest absolute Gasteiger partial charge is 0.480 e. The molecule has 1 aliphatic rings. The van der Waals surface area contributed by atoms with E-state index in [1.807, 2.05) is 6.92 Å². The van der Waals surface area contributed by atoms with Crippen LogP contribution in [0.5, 0.6) is 0 Å². The smallest absolute Gasteiger partial charge is 0.326 e. The van der Waals surface area contributed by atoms with Crippen LogP contribution in [0.15, 0.2) is 0 Å². The van der Waals surface area contributed by atoms with Gasteiger partial charge in [-0.2, -0.15) is 0 Å². The molecular formula is C15H28N2O3. The summed E-state index contributed by atoms with van der Waals surface area (Å²) in [6.07, 6.45) is 4.96. The number of carboxylic acids is 1. The molecule has 0 saturated carbocycles. The number of carbonyl (C=O) groups excluding carboxylic acids is 1. The fourth-order valence-electron chi connectivity index (χ4n) is 2.77. The van der Waals surface area contributed by atoms with Crippen LogP contribution in [0, 0.1) is 11.8 Å². The molecule has 1 fully saturated rings. The van der Waals surface area contributed by atoms with Gasteiger partial charge in [0.1, 0.15) is 6.04 Å². The molecule has 1 heterocycles. The van der Waals surface area contributed by atoms with E-state index < -0.39 is 12.0 Å². The Balaban J connectivity index is 2.38. The number of aliphatic carboxylic acids is 1. The van der Waals surface area contributed by atoms with Gasteiger partial charge in [0.05, 0.1) is 0 Å². The number of amides is 2. The third kappa shape index (κ3) is 5.02. The van der Waals surface area contributed by atoms with Crippen LogP contribution in [0.2, 0.25) is 0 Å². The van der Waals surface area contributed by atoms with Crippen LogP contribution < -0.4 is 5.32 Å². The molecule has 0 spiro atoms. The monoisotopic (exact) mass is 284 g/mol. The number of likely N-dealkylation sites (tertiary alicyclic amines) is 1. The number of nitrogens with one attached hydrogen (secondary N) is 1. The number of unbranched alkanes of at least 4 members (excludes halogenated alkanes) is 1. The minimum absolute atomic E-state index is 0.0212. The van der Waals surface area contributed by atoms with Crippen molar-refractivity contribution in [3.8, 4) is 0 Å². The molecule has 5 heteroatoms. The van der Waals surface area contributed by atoms with Gasteiger partial charge in [0.25, 0.3) is 0 Å². The molecule has 20 heavy (non-hydrogen) atoms. The number of hydrogen-bond donors (Lipinski definition) is 2. The summed E-state index contributed by atoms with van der Waals surface area (Å²) in [5.74, 6) is -0.190. The number of nitrogens with zero attached hydrogens (tertiary/aromatic N) is 1. The predicted molar refractivity (Wildman–Crippen MR) is 78.6 cm³/mol. The lowest BCUT2D eigenvalue weighted by molar-refractivity contribution is -0.145. The Bertz CT molecular complexity index is 331. The lowest BCUT2D eigenvalue weighted by atomic mass is 9.91. The molecule has 0 aromatic carbocycles. The van der Waals surface area contributed by atoms with E-state index in [0.717, 1.165) is 32.1 Å². The topological polar surface area (TPSA) is 69.6 Å². The molecule has 0 aromatic rings. The Morgan fingerprint density at radius 3 is 2.65 bits per heavy atom. The number of hydrogen-bond acceptors (Lipinski definition) is 2. The first-order valence-electron chi connectivity index (χ1n) is 7.70. The Kier molecular flexibility index (Phi) is 6.82. The zero-order valence-corrected chi connectivity index (χ0v) is 12.9. The van der Waals surface area contributed by atoms with Crippen molar-refractivity contribution in [2.75, 3.05) is 13.1 Å². The fraction of sp³-hybridized carbons (Fsp3) is 0.867. The highest BCUT2D eigenvalue weighted by Gasteiger charge is 2.36. The van der Waals surface area contributed by atoms with Crippen molar-refractivity contribution in [1.29, 1.82) is 0 Å². The summed E-state index contributed by atoms with van der Waals surface area (Å²) in [4.78, 5) is 24.9. The van der Waals surface area contributed by atoms with Gasteiger partial charge in [-0.05, 0) is 31.1 Å². The minimum atomic E-state index is -0.896. The second-order valence-electron chi connectivity index (χ2n) is 6.22. The first-order valence-corrected chi connectivity index (χ1v) is 7.70. The van der Waals surface area contributed by atoms with Gasteiger partial charge in [0.2, 0.25) is 0 Å². The number of urea groups is 1. The van der Waals surface area contributed by atoms with Crippen molar-refractivity contribution in [3.05, 3.63) is 0 Å². The van der Waals surface area contributed by atoms with Crippen molar-refractivity contribution in [1.82, 2.24) is 10.2 Å². The number of piperidine rings is 1. The van der Waals surface area contributed by atoms with Gasteiger partial charge in [-0.1, -0.05) is 33.6 Å². The quantitative estimate of drug-likeness (QED) is 0.737. The first kappa shape index (κ1) is 16.8. The van der Waals surface area contributed by atoms with E-state index >= 15 is 0 Å². The predicted octanol–water partition coefficient (Wildman–Crippen LogP) is 2.71. The molecule has 2 atom stereocenters. The highest BCUT2D eigenvalue weighted by atomic mass is 16.4. The van der Waals surface area contributed by atoms with E-state index in [9.17, 15) is 14.7 Å². The minimum Gasteiger partial charge on any atom is -0.480 e. The Morgan fingerprint density at radius 2 is 2.05 bits per heavy atom. The second kappa shape index (κ2) is 8.12. The van der Waals surface area contributed by atoms with E-state index in [1.54, 1.807) is 0 Å². The lowest BCUT2D eigenvalue weighted by Gasteiger charge is -2.37. The lowest BCUT2D eigenvalue weighted by Crippen LogP contribution is -2.55. The second-order valence-corrected chi connectivity index (χ2v) is 6.22. The van der Waals surface area contributed by atoms with Gasteiger partial charge in [-0.25, -0.2) is 9.59 Å². The van der Waals surface area contributed by atoms with Crippen molar-refractivity contribution >= 4 is 12.0 Å². The van der Waals surface area contributed by atoms with Crippen LogP contribution in [0.4, 0.5) is 4.79 Å². The van der Waals surface area contributed by atoms with Crippen LogP contribution in [0.25, 0.3) is 0 Å². The Hall–Kier alpha value is -1.26. The molecule has 1 saturated heterocycles. The standard InChI is InChI=1S/C15H28N2O3/c1-11(2)7-4-5-9-16-15(20)17-10-6-8-12(3)13(17)14(18)19/h11-13H,4-10H2,1-3H3,(H,16,20)(H,18,19). The van der Waals surface area contributed by atoms with Crippen LogP contribution in [-0.4, -0.2) is 41.1 Å². The zero-order chi connectivity index (χ0) is 15.1. The van der Waals surface area contributed by atoms with E-state index in [2.05, 4.69) is 19.2 Å². The molecule has 1 aliphatic heterocycles. The summed E-state index contributed by atoms with van der Waals surface area (Å²) in [6.45, 7) is 7.44. The molecule has 5 nitrogen and oxygen atoms in total. The average molecular weight is 284 g/mol. The highest BCUT2D eigenvalue weighted by molar-refractivity contribution is 5.83. The van der Waals surface area contributed by atoms with E-state index in [4.69, 9.17) is 0 Å². The van der Waals surface area contributed by atoms with Crippen molar-refractivity contribution in [2.45, 2.75) is 58.9 Å². The summed E-state index contributed by atoms with van der Waals surface area (Å²) >= 11 is 0. The van der Waals surface area contributed by atoms with E-state index in [1.165, 1.54) is 4.90 Å². The summed E-state index contributed by atoms with van der Waals surface area (Å²) in [7, 11) is 0. The molecule has 2 amide bonds. The van der Waals surface area contributed by atoms with Gasteiger partial charge >= 0.3 is 12.0 Å². The number of carbonyl (C=O) groups is 2. The third-order valence-corrected chi connectivity index (χ3v) is 3.93. The van der Waals surface area contributed by atoms with Crippen LogP contribution in [0.1, 0.15) is 52.9 Å². The van der Waals surface area contributed by atoms with Gasteiger partial charge in [-0.3, -0.25) is 0 Å². The summed E-state index contributed by atoms with van der Waals surface area (Å²) < 4.78 is 0. The Morgan fingerprint density at radius 1 is 1.35 bits per heavy atom. The number of carboxylic acid groups (broad SMARTS) is 1. The van der Waals surface area contributed by atoms with E-state index in [0.29, 0.717) is 19.0 Å². The maximum atomic E-state index is 12.1. The van der Waals surface area contributed by atoms with Crippen molar-refractivity contribution in [2.24, 2.45) is 11.8 Å². The van der Waals surface area contributed by atoms with Gasteiger partial charge in [-0.15, -0.1) is 0 Å². The van der Waals surface area contributed by atoms with Gasteiger partial charge in [0, 0.05) is 13.1 Å². The SMILES string of the molecule is CC(C)CCCCNC(=O)N1CCCC(C)C1C(=O)O. The zero-order valence-electron chi connectivity index (χ0n) is 12.9. The fourth-order valence-corrected chi connectivity index (χ4v) is 2.77. The molecule has 0 bridgehead atoms.